The number of benzene rings is 4. The van der Waals surface area contributed by atoms with Gasteiger partial charge in [0.1, 0.15) is 0 Å². The average Bonchev–Trinajstić information content (AvgIpc) is 1.85. The third kappa shape index (κ3) is 15.1. The number of anilines is 2. The zero-order chi connectivity index (χ0) is 62.1. The van der Waals surface area contributed by atoms with Crippen molar-refractivity contribution in [2.24, 2.45) is 0 Å². The van der Waals surface area contributed by atoms with Crippen LogP contribution in [0.5, 0.6) is 0 Å². The van der Waals surface area contributed by atoms with Crippen molar-refractivity contribution in [3.05, 3.63) is 153 Å². The lowest BCUT2D eigenvalue weighted by molar-refractivity contribution is -0.869. The number of rotatable bonds is 18. The van der Waals surface area contributed by atoms with E-state index in [1.54, 1.807) is 58.3 Å². The van der Waals surface area contributed by atoms with Gasteiger partial charge in [-0.3, -0.25) is 19.4 Å². The molecule has 2 atom stereocenters. The van der Waals surface area contributed by atoms with Gasteiger partial charge in [0.05, 0.1) is 162 Å². The number of likely N-dealkylation sites (N-methyl/N-ethyl adjacent to an activating group) is 2. The predicted molar refractivity (Wildman–Crippen MR) is 292 cm³/mol. The second kappa shape index (κ2) is 26.6. The van der Waals surface area contributed by atoms with E-state index < -0.39 is 60.6 Å². The van der Waals surface area contributed by atoms with Gasteiger partial charge >= 0.3 is 24.4 Å². The highest BCUT2D eigenvalue weighted by molar-refractivity contribution is 6.08. The molecule has 25 heteroatoms. The Morgan fingerprint density at radius 1 is 0.571 bits per heavy atom. The molecular weight excluding hydrogens is 1100 g/mol. The van der Waals surface area contributed by atoms with Gasteiger partial charge < -0.3 is 53.3 Å². The SMILES string of the molecule is CN(CCCN1C(=O)N(c2cccc(C(F)(F)F)c2)C2=C(C(=O)N(CC[N+](C)(C)C)C2)[C@H]1c1ccc(C#N)cc1)CCCN1C(=O)N(c2cccc(C(F)(F)F)c2)C2=C(C(=O)N(CC[N+](C)(C)C)C2)[C@H]1c1ccc(C#N)cc1.O=C[O-].O=C[O-]. The first-order chi connectivity index (χ1) is 39.5. The number of halogens is 6. The van der Waals surface area contributed by atoms with Gasteiger partial charge in [0.2, 0.25) is 0 Å². The monoisotopic (exact) mass is 1170 g/mol. The van der Waals surface area contributed by atoms with Crippen molar-refractivity contribution < 1.29 is 74.3 Å². The van der Waals surface area contributed by atoms with Crippen LogP contribution in [0.15, 0.2) is 120 Å². The molecule has 0 aliphatic carbocycles. The predicted octanol–water partition coefficient (Wildman–Crippen LogP) is 5.18. The number of carbonyl (C=O) groups excluding carboxylic acids is 6. The Labute approximate surface area is 483 Å². The van der Waals surface area contributed by atoms with E-state index in [9.17, 15) is 46.5 Å². The average molecular weight is 1170 g/mol. The molecule has 0 aromatic heterocycles. The lowest BCUT2D eigenvalue weighted by Crippen LogP contribution is -2.51. The van der Waals surface area contributed by atoms with Crippen molar-refractivity contribution >= 4 is 48.2 Å². The summed E-state index contributed by atoms with van der Waals surface area (Å²) in [5.74, 6) is -0.728. The van der Waals surface area contributed by atoms with Gasteiger partial charge in [-0.2, -0.15) is 36.9 Å². The van der Waals surface area contributed by atoms with Gasteiger partial charge in [-0.15, -0.1) is 0 Å². The lowest BCUT2D eigenvalue weighted by atomic mass is 9.92. The number of quaternary nitrogens is 2. The maximum absolute atomic E-state index is 15.1. The van der Waals surface area contributed by atoms with Crippen LogP contribution in [0.1, 0.15) is 58.3 Å². The number of nitriles is 2. The zero-order valence-corrected chi connectivity index (χ0v) is 47.5. The molecule has 0 spiro atoms. The second-order valence-corrected chi connectivity index (χ2v) is 22.4. The number of hydrogen-bond donors (Lipinski definition) is 0. The molecule has 19 nitrogen and oxygen atoms in total. The highest BCUT2D eigenvalue weighted by Gasteiger charge is 2.51. The number of carbonyl (C=O) groups is 6. The van der Waals surface area contributed by atoms with E-state index in [-0.39, 0.29) is 71.9 Å². The zero-order valence-electron chi connectivity index (χ0n) is 47.5. The summed E-state index contributed by atoms with van der Waals surface area (Å²) in [7, 11) is 13.6. The van der Waals surface area contributed by atoms with E-state index >= 15 is 9.59 Å². The summed E-state index contributed by atoms with van der Waals surface area (Å²) in [5.41, 5.74) is 0.735. The quantitative estimate of drug-likeness (QED) is 0.0718. The van der Waals surface area contributed by atoms with Crippen molar-refractivity contribution in [2.45, 2.75) is 37.3 Å². The highest BCUT2D eigenvalue weighted by Crippen LogP contribution is 2.46. The molecule has 0 saturated carbocycles. The summed E-state index contributed by atoms with van der Waals surface area (Å²) >= 11 is 0. The molecule has 6 amide bonds. The van der Waals surface area contributed by atoms with E-state index in [1.807, 2.05) is 54.2 Å². The molecule has 8 rings (SSSR count). The molecule has 0 fully saturated rings. The summed E-state index contributed by atoms with van der Waals surface area (Å²) in [5, 5.41) is 35.8. The van der Waals surface area contributed by atoms with Gasteiger partial charge in [-0.1, -0.05) is 36.4 Å². The van der Waals surface area contributed by atoms with Crippen molar-refractivity contribution in [3.8, 4) is 12.1 Å². The fourth-order valence-electron chi connectivity index (χ4n) is 10.3. The Kier molecular flexibility index (Phi) is 20.4. The molecule has 0 radical (unpaired) electrons. The molecule has 0 bridgehead atoms. The van der Waals surface area contributed by atoms with Crippen LogP contribution < -0.4 is 20.0 Å². The van der Waals surface area contributed by atoms with Crippen molar-refractivity contribution in [3.63, 3.8) is 0 Å². The first-order valence-electron chi connectivity index (χ1n) is 26.5. The van der Waals surface area contributed by atoms with Gasteiger partial charge in [0.15, 0.2) is 0 Å². The van der Waals surface area contributed by atoms with Crippen LogP contribution in [0.3, 0.4) is 0 Å². The van der Waals surface area contributed by atoms with E-state index in [0.717, 1.165) is 24.3 Å². The fraction of sp³-hybridized carbons (Fsp3) is 0.390. The van der Waals surface area contributed by atoms with Gasteiger partial charge in [-0.05, 0) is 105 Å². The molecule has 4 aliphatic heterocycles. The Balaban J connectivity index is 0.00000181. The van der Waals surface area contributed by atoms with Crippen LogP contribution in [0.25, 0.3) is 0 Å². The van der Waals surface area contributed by atoms with Crippen molar-refractivity contribution in [2.75, 3.05) is 125 Å². The molecule has 0 unspecified atom stereocenters. The number of urea groups is 2. The second-order valence-electron chi connectivity index (χ2n) is 22.4. The number of hydrogen-bond acceptors (Lipinski definition) is 11. The molecule has 0 N–H and O–H groups in total. The third-order valence-corrected chi connectivity index (χ3v) is 14.5. The van der Waals surface area contributed by atoms with Crippen LogP contribution in [0, 0.1) is 22.7 Å². The minimum absolute atomic E-state index is 0.0235. The van der Waals surface area contributed by atoms with Gasteiger partial charge in [0, 0.05) is 26.0 Å². The molecule has 84 heavy (non-hydrogen) atoms. The standard InChI is InChI=1S/C57H63F6N11O4.2CH2O2/c1-66(24-10-26-69-50(40-20-16-38(34-64)17-21-40)48-46(36-67(52(48)75)28-30-73(2,3)4)71(54(69)77)44-14-8-12-42(32-44)56(58,59)60)25-11-27-70-51(41-22-18-39(35-65)19-23-41)49-47(37-68(53(49)76)29-31-74(5,6)7)72(55(70)78)45-15-9-13-43(33-45)57(61,62)63;2*2-1-3/h8-9,12-23,32-33,50-51H,10-11,24-31,36-37H2,1-7H3;2*1H,(H,2,3)/q+2;;/p-2/t50-,51-;;/m1../s1. The minimum Gasteiger partial charge on any atom is -0.554 e. The first kappa shape index (κ1) is 64.4. The molecule has 446 valence electrons. The van der Waals surface area contributed by atoms with Crippen LogP contribution in [-0.2, 0) is 31.5 Å². The van der Waals surface area contributed by atoms with Gasteiger partial charge in [0.25, 0.3) is 11.8 Å². The Hall–Kier alpha value is -8.78. The Bertz CT molecular complexity index is 3020. The van der Waals surface area contributed by atoms with E-state index in [4.69, 9.17) is 19.8 Å². The smallest absolute Gasteiger partial charge is 0.416 e. The topological polar surface area (TPSA) is 219 Å². The number of nitrogens with zero attached hydrogens (tertiary/aromatic N) is 11. The van der Waals surface area contributed by atoms with E-state index in [2.05, 4.69) is 12.1 Å². The number of carboxylic acid groups (broad SMARTS) is 2. The van der Waals surface area contributed by atoms with Crippen LogP contribution in [0.4, 0.5) is 47.3 Å². The van der Waals surface area contributed by atoms with Crippen LogP contribution >= 0.6 is 0 Å². The number of alkyl halides is 6. The minimum atomic E-state index is -4.72. The van der Waals surface area contributed by atoms with Crippen LogP contribution in [-0.4, -0.2) is 185 Å². The first-order valence-corrected chi connectivity index (χ1v) is 26.5. The summed E-state index contributed by atoms with van der Waals surface area (Å²) < 4.78 is 86.3. The third-order valence-electron chi connectivity index (χ3n) is 14.5. The summed E-state index contributed by atoms with van der Waals surface area (Å²) in [6.07, 6.45) is -8.83. The maximum atomic E-state index is 15.1. The molecule has 0 saturated heterocycles. The fourth-order valence-corrected chi connectivity index (χ4v) is 10.3. The van der Waals surface area contributed by atoms with E-state index in [0.29, 0.717) is 83.3 Å². The highest BCUT2D eigenvalue weighted by atomic mass is 19.4. The molecule has 4 aliphatic rings. The summed E-state index contributed by atoms with van der Waals surface area (Å²) in [6.45, 7) is 1.41. The van der Waals surface area contributed by atoms with Crippen LogP contribution in [0.2, 0.25) is 0 Å². The molecule has 4 aromatic carbocycles. The normalized spacial score (nSPS) is 17.4. The van der Waals surface area contributed by atoms with Crippen molar-refractivity contribution in [1.82, 2.24) is 24.5 Å². The lowest BCUT2D eigenvalue weighted by Gasteiger charge is -2.42. The number of amides is 6. The largest absolute Gasteiger partial charge is 0.554 e. The Morgan fingerprint density at radius 2 is 0.905 bits per heavy atom. The summed E-state index contributed by atoms with van der Waals surface area (Å²) in [4.78, 5) is 86.6. The molecule has 4 heterocycles. The van der Waals surface area contributed by atoms with Gasteiger partial charge in [-0.25, -0.2) is 9.59 Å². The maximum Gasteiger partial charge on any atom is 0.416 e. The van der Waals surface area contributed by atoms with E-state index in [1.165, 1.54) is 43.9 Å². The van der Waals surface area contributed by atoms with Crippen molar-refractivity contribution in [1.29, 1.82) is 10.5 Å². The summed E-state index contributed by atoms with van der Waals surface area (Å²) in [6, 6.07) is 22.9. The Morgan fingerprint density at radius 3 is 1.20 bits per heavy atom. The molecular formula is C59H65F6N11O8. The molecule has 4 aromatic rings.